The average Bonchev–Trinajstić information content (AvgIpc) is 3.39. The summed E-state index contributed by atoms with van der Waals surface area (Å²) in [6.07, 6.45) is 21.0. The molecule has 1 aromatic carbocycles. The highest BCUT2D eigenvalue weighted by atomic mass is 32.1. The number of nitrogens with zero attached hydrogens (tertiary/aromatic N) is 1. The van der Waals surface area contributed by atoms with Crippen LogP contribution in [0, 0.1) is 5.92 Å². The number of phosphoric acid groups is 1. The van der Waals surface area contributed by atoms with E-state index in [4.69, 9.17) is 18.5 Å². The van der Waals surface area contributed by atoms with Gasteiger partial charge in [-0.2, -0.15) is 4.57 Å². The highest BCUT2D eigenvalue weighted by Crippen LogP contribution is 2.39. The summed E-state index contributed by atoms with van der Waals surface area (Å²) in [5, 5.41) is 3.37. The van der Waals surface area contributed by atoms with Crippen molar-refractivity contribution in [1.29, 1.82) is 0 Å². The molecule has 7 nitrogen and oxygen atoms in total. The van der Waals surface area contributed by atoms with Gasteiger partial charge in [0.25, 0.3) is 0 Å². The lowest BCUT2D eigenvalue weighted by molar-refractivity contribution is -0.690. The maximum Gasteiger partial charge on any atom is 0.319 e. The Labute approximate surface area is 265 Å². The van der Waals surface area contributed by atoms with Gasteiger partial charge < -0.3 is 23.4 Å². The Morgan fingerprint density at radius 3 is 2.14 bits per heavy atom. The van der Waals surface area contributed by atoms with Crippen molar-refractivity contribution in [3.8, 4) is 5.75 Å². The first kappa shape index (κ1) is 37.9. The summed E-state index contributed by atoms with van der Waals surface area (Å²) in [6, 6.07) is 7.12. The van der Waals surface area contributed by atoms with Crippen molar-refractivity contribution >= 4 is 19.2 Å². The molecule has 43 heavy (non-hydrogen) atoms. The first-order chi connectivity index (χ1) is 20.8. The predicted molar refractivity (Wildman–Crippen MR) is 175 cm³/mol. The second kappa shape index (κ2) is 23.1. The summed E-state index contributed by atoms with van der Waals surface area (Å²) in [4.78, 5) is 12.5. The second-order valence-corrected chi connectivity index (χ2v) is 14.3. The third kappa shape index (κ3) is 18.3. The van der Waals surface area contributed by atoms with E-state index >= 15 is 0 Å². The molecule has 2 atom stereocenters. The Morgan fingerprint density at radius 2 is 1.53 bits per heavy atom. The lowest BCUT2D eigenvalue weighted by Gasteiger charge is -2.25. The van der Waals surface area contributed by atoms with E-state index in [0.29, 0.717) is 19.1 Å². The molecular formula is C34H58NO6PS. The van der Waals surface area contributed by atoms with E-state index in [1.165, 1.54) is 89.2 Å². The lowest BCUT2D eigenvalue weighted by Crippen LogP contribution is -2.36. The lowest BCUT2D eigenvalue weighted by atomic mass is 10.0. The molecule has 0 aliphatic rings. The van der Waals surface area contributed by atoms with Gasteiger partial charge in [-0.05, 0) is 24.5 Å². The number of thiazole rings is 1. The van der Waals surface area contributed by atoms with Crippen LogP contribution in [0.1, 0.15) is 121 Å². The summed E-state index contributed by atoms with van der Waals surface area (Å²) in [5.41, 5.74) is 0.956. The number of rotatable bonds is 27. The Balaban J connectivity index is 1.56. The molecule has 9 heteroatoms. The van der Waals surface area contributed by atoms with Crippen LogP contribution in [0.3, 0.4) is 0 Å². The first-order valence-electron chi connectivity index (χ1n) is 16.6. The van der Waals surface area contributed by atoms with E-state index in [0.717, 1.165) is 24.8 Å². The van der Waals surface area contributed by atoms with Gasteiger partial charge in [-0.1, -0.05) is 128 Å². The molecule has 0 saturated heterocycles. The maximum atomic E-state index is 12.5. The average molecular weight is 640 g/mol. The van der Waals surface area contributed by atoms with Gasteiger partial charge in [-0.15, -0.1) is 0 Å². The number of hydrogen-bond donors (Lipinski definition) is 0. The molecule has 246 valence electrons. The van der Waals surface area contributed by atoms with Crippen molar-refractivity contribution < 1.29 is 32.5 Å². The van der Waals surface area contributed by atoms with Crippen LogP contribution in [0.5, 0.6) is 5.75 Å². The monoisotopic (exact) mass is 639 g/mol. The van der Waals surface area contributed by atoms with Gasteiger partial charge in [0.2, 0.25) is 5.01 Å². The number of aromatic nitrogens is 1. The summed E-state index contributed by atoms with van der Waals surface area (Å²) >= 11 is 1.73. The Bertz CT molecular complexity index is 1020. The largest absolute Gasteiger partial charge is 0.746 e. The first-order valence-corrected chi connectivity index (χ1v) is 19.0. The molecule has 0 saturated carbocycles. The van der Waals surface area contributed by atoms with Crippen LogP contribution in [-0.4, -0.2) is 33.0 Å². The molecule has 0 radical (unpaired) electrons. The molecule has 0 bridgehead atoms. The van der Waals surface area contributed by atoms with Crippen molar-refractivity contribution in [3.63, 3.8) is 0 Å². The van der Waals surface area contributed by atoms with Gasteiger partial charge in [0.05, 0.1) is 18.6 Å². The molecule has 2 rings (SSSR count). The van der Waals surface area contributed by atoms with Gasteiger partial charge in [0.1, 0.15) is 11.9 Å². The molecule has 0 aliphatic carbocycles. The molecule has 1 aromatic heterocycles. The van der Waals surface area contributed by atoms with Gasteiger partial charge in [0.15, 0.2) is 12.7 Å². The fraction of sp³-hybridized carbons (Fsp3) is 0.735. The highest BCUT2D eigenvalue weighted by Gasteiger charge is 2.18. The molecule has 0 spiro atoms. The van der Waals surface area contributed by atoms with Crippen molar-refractivity contribution in [2.75, 3.05) is 26.9 Å². The molecule has 2 aromatic rings. The van der Waals surface area contributed by atoms with Crippen molar-refractivity contribution in [1.82, 2.24) is 0 Å². The summed E-state index contributed by atoms with van der Waals surface area (Å²) in [7, 11) is -3.04. The fourth-order valence-electron chi connectivity index (χ4n) is 5.01. The minimum atomic E-state index is -4.57. The molecular weight excluding hydrogens is 581 g/mol. The van der Waals surface area contributed by atoms with E-state index in [2.05, 4.69) is 36.9 Å². The van der Waals surface area contributed by atoms with Crippen LogP contribution < -0.4 is 14.0 Å². The van der Waals surface area contributed by atoms with Crippen LogP contribution in [0.4, 0.5) is 0 Å². The summed E-state index contributed by atoms with van der Waals surface area (Å²) < 4.78 is 36.2. The zero-order chi connectivity index (χ0) is 31.2. The standard InChI is InChI=1S/C34H58NO6PS/c1-5-6-7-8-9-10-11-12-13-14-15-16-17-18-23-39-28-33(38-4)29-40-42(36,37)41-32-21-19-20-31(26-32)27-35-22-24-43-34(35)25-30(2)3/h19-22,24,26,30,33H,5-18,23,25,27-29H2,1-4H3. The number of phosphoric ester groups is 1. The van der Waals surface area contributed by atoms with Crippen LogP contribution in [0.2, 0.25) is 0 Å². The summed E-state index contributed by atoms with van der Waals surface area (Å²) in [5.74, 6) is 0.800. The molecule has 0 amide bonds. The molecule has 1 heterocycles. The topological polar surface area (TPSA) is 80.9 Å². The second-order valence-electron chi connectivity index (χ2n) is 12.0. The van der Waals surface area contributed by atoms with E-state index in [1.54, 1.807) is 29.5 Å². The fourth-order valence-corrected chi connectivity index (χ4v) is 6.84. The SMILES string of the molecule is CCCCCCCCCCCCCCCCOCC(COP(=O)([O-])Oc1cccc(C[n+]2ccsc2CC(C)C)c1)OC. The van der Waals surface area contributed by atoms with Gasteiger partial charge >= 0.3 is 7.82 Å². The minimum Gasteiger partial charge on any atom is -0.746 e. The number of unbranched alkanes of at least 4 members (excludes halogenated alkanes) is 13. The van der Waals surface area contributed by atoms with Crippen LogP contribution >= 0.6 is 19.2 Å². The van der Waals surface area contributed by atoms with Gasteiger partial charge in [-0.25, -0.2) is 0 Å². The number of benzene rings is 1. The van der Waals surface area contributed by atoms with E-state index in [9.17, 15) is 9.46 Å². The minimum absolute atomic E-state index is 0.154. The van der Waals surface area contributed by atoms with Crippen molar-refractivity contribution in [2.24, 2.45) is 5.92 Å². The predicted octanol–water partition coefficient (Wildman–Crippen LogP) is 8.66. The third-order valence-corrected chi connectivity index (χ3v) is 9.35. The zero-order valence-corrected chi connectivity index (χ0v) is 29.0. The quantitative estimate of drug-likeness (QED) is 0.0553. The zero-order valence-electron chi connectivity index (χ0n) is 27.3. The highest BCUT2D eigenvalue weighted by molar-refractivity contribution is 7.46. The Hall–Kier alpha value is -1.28. The molecule has 2 unspecified atom stereocenters. The van der Waals surface area contributed by atoms with Gasteiger partial charge in [-0.3, -0.25) is 4.57 Å². The molecule has 0 N–H and O–H groups in total. The number of methoxy groups -OCH3 is 1. The van der Waals surface area contributed by atoms with E-state index in [1.807, 2.05) is 6.07 Å². The molecule has 0 fully saturated rings. The smallest absolute Gasteiger partial charge is 0.319 e. The Morgan fingerprint density at radius 1 is 0.907 bits per heavy atom. The summed E-state index contributed by atoms with van der Waals surface area (Å²) in [6.45, 7) is 8.08. The molecule has 0 aliphatic heterocycles. The van der Waals surface area contributed by atoms with E-state index in [-0.39, 0.29) is 19.0 Å². The van der Waals surface area contributed by atoms with Crippen LogP contribution in [0.15, 0.2) is 35.8 Å². The van der Waals surface area contributed by atoms with Crippen LogP contribution in [0.25, 0.3) is 0 Å². The van der Waals surface area contributed by atoms with Crippen molar-refractivity contribution in [2.45, 2.75) is 130 Å². The van der Waals surface area contributed by atoms with Crippen molar-refractivity contribution in [3.05, 3.63) is 46.4 Å². The van der Waals surface area contributed by atoms with Crippen LogP contribution in [-0.2, 0) is 31.5 Å². The normalized spacial score (nSPS) is 13.8. The van der Waals surface area contributed by atoms with E-state index < -0.39 is 13.9 Å². The number of hydrogen-bond acceptors (Lipinski definition) is 7. The Kier molecular flexibility index (Phi) is 20.4. The maximum absolute atomic E-state index is 12.5. The third-order valence-electron chi connectivity index (χ3n) is 7.51. The van der Waals surface area contributed by atoms with Gasteiger partial charge in [0, 0.05) is 25.7 Å². The number of ether oxygens (including phenoxy) is 2.